The number of benzene rings is 1. The maximum atomic E-state index is 13.6. The van der Waals surface area contributed by atoms with Gasteiger partial charge in [0, 0.05) is 17.9 Å². The highest BCUT2D eigenvalue weighted by atomic mass is 35.5. The van der Waals surface area contributed by atoms with E-state index in [2.05, 4.69) is 25.7 Å². The Morgan fingerprint density at radius 1 is 1.42 bits per heavy atom. The van der Waals surface area contributed by atoms with E-state index >= 15 is 0 Å². The summed E-state index contributed by atoms with van der Waals surface area (Å²) in [7, 11) is 0. The summed E-state index contributed by atoms with van der Waals surface area (Å²) in [5.74, 6) is 6.74. The van der Waals surface area contributed by atoms with Gasteiger partial charge in [-0.25, -0.2) is 4.39 Å². The molecule has 1 atom stereocenters. The lowest BCUT2D eigenvalue weighted by molar-refractivity contribution is 0.241. The Bertz CT molecular complexity index is 448. The fourth-order valence-electron chi connectivity index (χ4n) is 1.71. The second kappa shape index (κ2) is 8.82. The first-order valence-electron chi connectivity index (χ1n) is 6.64. The van der Waals surface area contributed by atoms with Gasteiger partial charge in [0.2, 0.25) is 0 Å². The molecule has 0 aliphatic heterocycles. The average molecular weight is 283 g/mol. The fourth-order valence-corrected chi connectivity index (χ4v) is 1.81. The Hall–Kier alpha value is -1.20. The van der Waals surface area contributed by atoms with Gasteiger partial charge in [-0.2, -0.15) is 0 Å². The lowest BCUT2D eigenvalue weighted by Gasteiger charge is -2.12. The highest BCUT2D eigenvalue weighted by molar-refractivity contribution is 6.18. The van der Waals surface area contributed by atoms with Crippen molar-refractivity contribution in [1.82, 2.24) is 0 Å². The molecule has 0 heterocycles. The van der Waals surface area contributed by atoms with E-state index in [0.29, 0.717) is 24.8 Å². The molecule has 1 unspecified atom stereocenters. The van der Waals surface area contributed by atoms with Gasteiger partial charge in [0.15, 0.2) is 11.6 Å². The van der Waals surface area contributed by atoms with Gasteiger partial charge in [0.25, 0.3) is 0 Å². The number of hydrogen-bond donors (Lipinski definition) is 0. The molecule has 0 aliphatic carbocycles. The smallest absolute Gasteiger partial charge is 0.165 e. The molecule has 104 valence electrons. The maximum Gasteiger partial charge on any atom is 0.165 e. The molecule has 3 heteroatoms. The third-order valence-electron chi connectivity index (χ3n) is 2.69. The largest absolute Gasteiger partial charge is 0.490 e. The predicted molar refractivity (Wildman–Crippen MR) is 78.2 cm³/mol. The third-order valence-corrected chi connectivity index (χ3v) is 2.88. The highest BCUT2D eigenvalue weighted by Gasteiger charge is 2.07. The first-order valence-corrected chi connectivity index (χ1v) is 7.18. The third kappa shape index (κ3) is 5.98. The van der Waals surface area contributed by atoms with Gasteiger partial charge in [0.05, 0.1) is 6.61 Å². The molecule has 0 radical (unpaired) electrons. The lowest BCUT2D eigenvalue weighted by Crippen LogP contribution is -2.09. The van der Waals surface area contributed by atoms with Crippen molar-refractivity contribution in [2.75, 3.05) is 12.5 Å². The molecular formula is C16H20ClFO. The number of ether oxygens (including phenoxy) is 1. The Morgan fingerprint density at radius 2 is 2.21 bits per heavy atom. The minimum Gasteiger partial charge on any atom is -0.490 e. The first-order chi connectivity index (χ1) is 9.17. The molecule has 19 heavy (non-hydrogen) atoms. The number of alkyl halides is 1. The van der Waals surface area contributed by atoms with Crippen LogP contribution in [0.1, 0.15) is 38.7 Å². The SMILES string of the molecule is CCCC(C)COc1cc(C#CCCCl)ccc1F. The van der Waals surface area contributed by atoms with Crippen LogP contribution in [0.25, 0.3) is 0 Å². The molecule has 0 spiro atoms. The van der Waals surface area contributed by atoms with E-state index in [-0.39, 0.29) is 11.6 Å². The van der Waals surface area contributed by atoms with Crippen LogP contribution in [-0.4, -0.2) is 12.5 Å². The van der Waals surface area contributed by atoms with E-state index in [9.17, 15) is 4.39 Å². The van der Waals surface area contributed by atoms with E-state index in [1.807, 2.05) is 0 Å². The van der Waals surface area contributed by atoms with Crippen LogP contribution in [0.3, 0.4) is 0 Å². The van der Waals surface area contributed by atoms with Crippen LogP contribution < -0.4 is 4.74 Å². The summed E-state index contributed by atoms with van der Waals surface area (Å²) in [6.07, 6.45) is 2.82. The zero-order valence-electron chi connectivity index (χ0n) is 11.5. The molecule has 1 aromatic rings. The summed E-state index contributed by atoms with van der Waals surface area (Å²) in [6, 6.07) is 4.69. The van der Waals surface area contributed by atoms with E-state index in [0.717, 1.165) is 18.4 Å². The molecule has 0 saturated carbocycles. The quantitative estimate of drug-likeness (QED) is 0.546. The molecule has 0 aromatic heterocycles. The van der Waals surface area contributed by atoms with Gasteiger partial charge in [-0.15, -0.1) is 11.6 Å². The second-order valence-electron chi connectivity index (χ2n) is 4.59. The summed E-state index contributed by atoms with van der Waals surface area (Å²) in [5.41, 5.74) is 0.754. The van der Waals surface area contributed by atoms with E-state index in [1.165, 1.54) is 6.07 Å². The molecule has 0 bridgehead atoms. The average Bonchev–Trinajstić information content (AvgIpc) is 2.40. The van der Waals surface area contributed by atoms with E-state index in [1.54, 1.807) is 12.1 Å². The fraction of sp³-hybridized carbons (Fsp3) is 0.500. The minimum absolute atomic E-state index is 0.278. The van der Waals surface area contributed by atoms with Gasteiger partial charge < -0.3 is 4.74 Å². The van der Waals surface area contributed by atoms with Crippen LogP contribution in [0.2, 0.25) is 0 Å². The molecule has 1 nitrogen and oxygen atoms in total. The lowest BCUT2D eigenvalue weighted by atomic mass is 10.1. The van der Waals surface area contributed by atoms with Crippen LogP contribution in [0.4, 0.5) is 4.39 Å². The standard InChI is InChI=1S/C16H20ClFO/c1-3-6-13(2)12-19-16-11-14(7-4-5-10-17)8-9-15(16)18/h8-9,11,13H,3,5-6,10,12H2,1-2H3. The highest BCUT2D eigenvalue weighted by Crippen LogP contribution is 2.20. The van der Waals surface area contributed by atoms with Crippen LogP contribution in [0.15, 0.2) is 18.2 Å². The molecular weight excluding hydrogens is 263 g/mol. The summed E-state index contributed by atoms with van der Waals surface area (Å²) >= 11 is 5.55. The Kier molecular flexibility index (Phi) is 7.36. The summed E-state index contributed by atoms with van der Waals surface area (Å²) in [4.78, 5) is 0. The monoisotopic (exact) mass is 282 g/mol. The minimum atomic E-state index is -0.341. The van der Waals surface area contributed by atoms with Crippen molar-refractivity contribution in [1.29, 1.82) is 0 Å². The van der Waals surface area contributed by atoms with Crippen molar-refractivity contribution in [2.24, 2.45) is 5.92 Å². The van der Waals surface area contributed by atoms with Gasteiger partial charge in [-0.3, -0.25) is 0 Å². The van der Waals surface area contributed by atoms with Crippen LogP contribution in [0, 0.1) is 23.6 Å². The van der Waals surface area contributed by atoms with Gasteiger partial charge in [-0.1, -0.05) is 32.1 Å². The van der Waals surface area contributed by atoms with Crippen molar-refractivity contribution in [2.45, 2.75) is 33.1 Å². The molecule has 0 N–H and O–H groups in total. The predicted octanol–water partition coefficient (Wildman–Crippen LogP) is 4.62. The zero-order chi connectivity index (χ0) is 14.1. The van der Waals surface area contributed by atoms with E-state index in [4.69, 9.17) is 16.3 Å². The Labute approximate surface area is 120 Å². The Morgan fingerprint density at radius 3 is 2.89 bits per heavy atom. The number of rotatable bonds is 6. The molecule has 0 fully saturated rings. The van der Waals surface area contributed by atoms with Crippen LogP contribution in [-0.2, 0) is 0 Å². The van der Waals surface area contributed by atoms with Crippen molar-refractivity contribution in [3.05, 3.63) is 29.6 Å². The number of halogens is 2. The summed E-state index contributed by atoms with van der Waals surface area (Å²) in [6.45, 7) is 4.76. The first kappa shape index (κ1) is 15.9. The topological polar surface area (TPSA) is 9.23 Å². The normalized spacial score (nSPS) is 11.6. The number of hydrogen-bond acceptors (Lipinski definition) is 1. The summed E-state index contributed by atoms with van der Waals surface area (Å²) in [5, 5.41) is 0. The van der Waals surface area contributed by atoms with E-state index < -0.39 is 0 Å². The molecule has 0 saturated heterocycles. The van der Waals surface area contributed by atoms with Gasteiger partial charge in [-0.05, 0) is 30.5 Å². The summed E-state index contributed by atoms with van der Waals surface area (Å²) < 4.78 is 19.1. The van der Waals surface area contributed by atoms with Crippen molar-refractivity contribution < 1.29 is 9.13 Å². The van der Waals surface area contributed by atoms with Crippen molar-refractivity contribution >= 4 is 11.6 Å². The zero-order valence-corrected chi connectivity index (χ0v) is 12.3. The maximum absolute atomic E-state index is 13.6. The van der Waals surface area contributed by atoms with Crippen molar-refractivity contribution in [3.8, 4) is 17.6 Å². The van der Waals surface area contributed by atoms with Crippen molar-refractivity contribution in [3.63, 3.8) is 0 Å². The Balaban J connectivity index is 2.67. The second-order valence-corrected chi connectivity index (χ2v) is 4.97. The molecule has 0 aliphatic rings. The molecule has 0 amide bonds. The van der Waals surface area contributed by atoms with Gasteiger partial charge in [0.1, 0.15) is 0 Å². The molecule has 1 aromatic carbocycles. The van der Waals surface area contributed by atoms with Gasteiger partial charge >= 0.3 is 0 Å². The van der Waals surface area contributed by atoms with Crippen LogP contribution >= 0.6 is 11.6 Å². The molecule has 1 rings (SSSR count). The van der Waals surface area contributed by atoms with Crippen LogP contribution in [0.5, 0.6) is 5.75 Å².